The highest BCUT2D eigenvalue weighted by Crippen LogP contribution is 2.22. The molecule has 0 bridgehead atoms. The number of ether oxygens (including phenoxy) is 1. The minimum absolute atomic E-state index is 0.290. The Kier molecular flexibility index (Phi) is 5.39. The summed E-state index contributed by atoms with van der Waals surface area (Å²) in [5.41, 5.74) is 0. The maximum atomic E-state index is 12.4. The normalized spacial score (nSPS) is 21.9. The second kappa shape index (κ2) is 7.69. The van der Waals surface area contributed by atoms with Crippen LogP contribution in [0.4, 0.5) is 20.4 Å². The smallest absolute Gasteiger partial charge is 0.315 e. The topological polar surface area (TPSA) is 70.6 Å². The predicted octanol–water partition coefficient (Wildman–Crippen LogP) is 0.663. The van der Waals surface area contributed by atoms with Gasteiger partial charge in [-0.15, -0.1) is 0 Å². The van der Waals surface area contributed by atoms with Gasteiger partial charge in [0.25, 0.3) is 5.91 Å². The van der Waals surface area contributed by atoms with Crippen LogP contribution in [0.1, 0.15) is 12.8 Å². The van der Waals surface area contributed by atoms with Gasteiger partial charge in [-0.3, -0.25) is 4.79 Å². The average molecular weight is 341 g/mol. The summed E-state index contributed by atoms with van der Waals surface area (Å²) in [5.74, 6) is 0.378. The Morgan fingerprint density at radius 1 is 1.21 bits per heavy atom. The third-order valence-corrected chi connectivity index (χ3v) is 4.26. The van der Waals surface area contributed by atoms with Gasteiger partial charge in [-0.05, 0) is 12.8 Å². The first-order chi connectivity index (χ1) is 11.6. The Hall–Kier alpha value is -2.03. The summed E-state index contributed by atoms with van der Waals surface area (Å²) < 4.78 is 30.1. The molecule has 0 unspecified atom stereocenters. The lowest BCUT2D eigenvalue weighted by Crippen LogP contribution is -2.49. The van der Waals surface area contributed by atoms with Crippen molar-refractivity contribution in [3.05, 3.63) is 12.4 Å². The number of alkyl halides is 2. The number of hydrogen-bond donors (Lipinski definition) is 1. The summed E-state index contributed by atoms with van der Waals surface area (Å²) in [5, 5.41) is 2.40. The van der Waals surface area contributed by atoms with Crippen molar-refractivity contribution >= 4 is 17.5 Å². The monoisotopic (exact) mass is 341 g/mol. The number of carbonyl (C=O) groups excluding carboxylic acids is 1. The zero-order valence-electron chi connectivity index (χ0n) is 13.3. The van der Waals surface area contributed by atoms with E-state index in [1.807, 2.05) is 11.0 Å². The number of aromatic nitrogens is 2. The zero-order valence-corrected chi connectivity index (χ0v) is 13.3. The van der Waals surface area contributed by atoms with Gasteiger partial charge in [-0.25, -0.2) is 9.97 Å². The molecular formula is C15H21F2N5O2. The van der Waals surface area contributed by atoms with Gasteiger partial charge in [0.05, 0.1) is 13.2 Å². The van der Waals surface area contributed by atoms with Crippen molar-refractivity contribution in [2.45, 2.75) is 25.3 Å². The lowest BCUT2D eigenvalue weighted by Gasteiger charge is -2.34. The van der Waals surface area contributed by atoms with Crippen molar-refractivity contribution in [3.63, 3.8) is 0 Å². The molecule has 1 N–H and O–H groups in total. The zero-order chi connectivity index (χ0) is 16.9. The van der Waals surface area contributed by atoms with Crippen LogP contribution in [0.5, 0.6) is 0 Å². The number of morpholine rings is 1. The van der Waals surface area contributed by atoms with Gasteiger partial charge >= 0.3 is 6.43 Å². The maximum absolute atomic E-state index is 12.4. The van der Waals surface area contributed by atoms with E-state index in [1.165, 1.54) is 6.33 Å². The van der Waals surface area contributed by atoms with Crippen LogP contribution < -0.4 is 15.1 Å². The minimum Gasteiger partial charge on any atom is -0.378 e. The van der Waals surface area contributed by atoms with Crippen molar-refractivity contribution in [1.82, 2.24) is 15.3 Å². The number of carbonyl (C=O) groups is 1. The Bertz CT molecular complexity index is 569. The average Bonchev–Trinajstić information content (AvgIpc) is 2.63. The van der Waals surface area contributed by atoms with Crippen LogP contribution >= 0.6 is 0 Å². The highest BCUT2D eigenvalue weighted by molar-refractivity contribution is 5.79. The molecule has 7 nitrogen and oxygen atoms in total. The highest BCUT2D eigenvalue weighted by atomic mass is 19.3. The lowest BCUT2D eigenvalue weighted by molar-refractivity contribution is -0.132. The molecule has 1 atom stereocenters. The first-order valence-electron chi connectivity index (χ1n) is 8.11. The molecule has 3 heterocycles. The molecule has 3 rings (SSSR count). The Balaban J connectivity index is 1.66. The van der Waals surface area contributed by atoms with E-state index in [0.29, 0.717) is 26.2 Å². The summed E-state index contributed by atoms with van der Waals surface area (Å²) in [6.07, 6.45) is 0.0375. The van der Waals surface area contributed by atoms with E-state index in [-0.39, 0.29) is 6.04 Å². The fraction of sp³-hybridized carbons (Fsp3) is 0.667. The Morgan fingerprint density at radius 2 is 1.92 bits per heavy atom. The largest absolute Gasteiger partial charge is 0.378 e. The van der Waals surface area contributed by atoms with Crippen LogP contribution in [0, 0.1) is 0 Å². The summed E-state index contributed by atoms with van der Waals surface area (Å²) in [6.45, 7) is 4.15. The van der Waals surface area contributed by atoms with Crippen LogP contribution in [-0.2, 0) is 9.53 Å². The fourth-order valence-electron chi connectivity index (χ4n) is 3.04. The SMILES string of the molecule is O=C(N[C@@H]1CCCN(c2cc(N3CCOCC3)ncn2)C1)C(F)F. The van der Waals surface area contributed by atoms with E-state index >= 15 is 0 Å². The molecular weight excluding hydrogens is 320 g/mol. The standard InChI is InChI=1S/C15H21F2N5O2/c16-14(17)15(23)20-11-2-1-3-22(9-11)13-8-12(18-10-19-13)21-4-6-24-7-5-21/h8,10-11,14H,1-7,9H2,(H,20,23)/t11-/m1/s1. The molecule has 1 aromatic rings. The minimum atomic E-state index is -2.98. The maximum Gasteiger partial charge on any atom is 0.315 e. The molecule has 132 valence electrons. The van der Waals surface area contributed by atoms with Gasteiger partial charge in [0.1, 0.15) is 18.0 Å². The molecule has 2 fully saturated rings. The van der Waals surface area contributed by atoms with Crippen LogP contribution in [0.2, 0.25) is 0 Å². The van der Waals surface area contributed by atoms with Crippen LogP contribution in [-0.4, -0.2) is 67.7 Å². The molecule has 0 aromatic carbocycles. The highest BCUT2D eigenvalue weighted by Gasteiger charge is 2.26. The van der Waals surface area contributed by atoms with Crippen molar-refractivity contribution in [3.8, 4) is 0 Å². The van der Waals surface area contributed by atoms with E-state index in [2.05, 4.69) is 20.2 Å². The van der Waals surface area contributed by atoms with E-state index in [4.69, 9.17) is 4.74 Å². The van der Waals surface area contributed by atoms with E-state index in [9.17, 15) is 13.6 Å². The van der Waals surface area contributed by atoms with Crippen LogP contribution in [0.25, 0.3) is 0 Å². The van der Waals surface area contributed by atoms with Gasteiger partial charge in [0, 0.05) is 38.3 Å². The molecule has 2 aliphatic heterocycles. The van der Waals surface area contributed by atoms with E-state index in [0.717, 1.165) is 37.7 Å². The fourth-order valence-corrected chi connectivity index (χ4v) is 3.04. The number of halogens is 2. The first kappa shape index (κ1) is 16.8. The van der Waals surface area contributed by atoms with E-state index in [1.54, 1.807) is 0 Å². The molecule has 2 saturated heterocycles. The number of amides is 1. The Labute approximate surface area is 139 Å². The van der Waals surface area contributed by atoms with Crippen LogP contribution in [0.15, 0.2) is 12.4 Å². The number of nitrogens with zero attached hydrogens (tertiary/aromatic N) is 4. The quantitative estimate of drug-likeness (QED) is 0.868. The molecule has 9 heteroatoms. The first-order valence-corrected chi connectivity index (χ1v) is 8.11. The summed E-state index contributed by atoms with van der Waals surface area (Å²) in [7, 11) is 0. The number of piperidine rings is 1. The summed E-state index contributed by atoms with van der Waals surface area (Å²) >= 11 is 0. The molecule has 0 aliphatic carbocycles. The molecule has 0 radical (unpaired) electrons. The van der Waals surface area contributed by atoms with Crippen molar-refractivity contribution in [2.24, 2.45) is 0 Å². The lowest BCUT2D eigenvalue weighted by atomic mass is 10.1. The van der Waals surface area contributed by atoms with Crippen molar-refractivity contribution in [2.75, 3.05) is 49.2 Å². The third-order valence-electron chi connectivity index (χ3n) is 4.26. The number of anilines is 2. The number of nitrogens with one attached hydrogen (secondary N) is 1. The number of hydrogen-bond acceptors (Lipinski definition) is 6. The second-order valence-corrected chi connectivity index (χ2v) is 5.93. The molecule has 1 aromatic heterocycles. The van der Waals surface area contributed by atoms with Gasteiger partial charge < -0.3 is 19.9 Å². The molecule has 2 aliphatic rings. The second-order valence-electron chi connectivity index (χ2n) is 5.93. The van der Waals surface area contributed by atoms with Gasteiger partial charge in [0.2, 0.25) is 0 Å². The number of rotatable bonds is 4. The van der Waals surface area contributed by atoms with Crippen molar-refractivity contribution < 1.29 is 18.3 Å². The third kappa shape index (κ3) is 4.08. The van der Waals surface area contributed by atoms with Gasteiger partial charge in [-0.1, -0.05) is 0 Å². The van der Waals surface area contributed by atoms with Gasteiger partial charge in [-0.2, -0.15) is 8.78 Å². The van der Waals surface area contributed by atoms with Gasteiger partial charge in [0.15, 0.2) is 0 Å². The molecule has 0 saturated carbocycles. The Morgan fingerprint density at radius 3 is 2.62 bits per heavy atom. The van der Waals surface area contributed by atoms with Crippen molar-refractivity contribution in [1.29, 1.82) is 0 Å². The van der Waals surface area contributed by atoms with Crippen LogP contribution in [0.3, 0.4) is 0 Å². The summed E-state index contributed by atoms with van der Waals surface area (Å²) in [6, 6.07) is 1.62. The predicted molar refractivity (Wildman–Crippen MR) is 84.4 cm³/mol. The molecule has 0 spiro atoms. The summed E-state index contributed by atoms with van der Waals surface area (Å²) in [4.78, 5) is 23.9. The molecule has 24 heavy (non-hydrogen) atoms. The van der Waals surface area contributed by atoms with E-state index < -0.39 is 12.3 Å². The molecule has 1 amide bonds.